The molecule has 0 unspecified atom stereocenters. The third-order valence-electron chi connectivity index (χ3n) is 2.87. The van der Waals surface area contributed by atoms with E-state index in [1.807, 2.05) is 19.1 Å². The van der Waals surface area contributed by atoms with Crippen LogP contribution in [-0.4, -0.2) is 17.4 Å². The van der Waals surface area contributed by atoms with Crippen molar-refractivity contribution in [3.05, 3.63) is 44.7 Å². The first kappa shape index (κ1) is 15.8. The number of carbonyl (C=O) groups is 1. The van der Waals surface area contributed by atoms with Gasteiger partial charge in [0.25, 0.3) is 5.91 Å². The normalized spacial score (nSPS) is 10.4. The molecule has 21 heavy (non-hydrogen) atoms. The summed E-state index contributed by atoms with van der Waals surface area (Å²) >= 11 is 7.80. The summed E-state index contributed by atoms with van der Waals surface area (Å²) in [6, 6.07) is 5.70. The van der Waals surface area contributed by atoms with Crippen LogP contribution < -0.4 is 10.6 Å². The number of halogens is 1. The number of rotatable bonds is 6. The molecular weight excluding hydrogens is 306 g/mol. The minimum Gasteiger partial charge on any atom is -0.369 e. The van der Waals surface area contributed by atoms with E-state index in [1.54, 1.807) is 23.6 Å². The zero-order valence-electron chi connectivity index (χ0n) is 12.1. The van der Waals surface area contributed by atoms with Crippen LogP contribution in [0.4, 0.5) is 5.82 Å². The second kappa shape index (κ2) is 7.43. The molecule has 0 spiro atoms. The van der Waals surface area contributed by atoms with E-state index in [0.29, 0.717) is 22.9 Å². The van der Waals surface area contributed by atoms with E-state index >= 15 is 0 Å². The molecule has 2 N–H and O–H groups in total. The van der Waals surface area contributed by atoms with Gasteiger partial charge in [-0.15, -0.1) is 11.3 Å². The number of pyridine rings is 1. The Balaban J connectivity index is 1.97. The van der Waals surface area contributed by atoms with Crippen molar-refractivity contribution in [2.75, 3.05) is 11.9 Å². The number of thiophene rings is 1. The lowest BCUT2D eigenvalue weighted by molar-refractivity contribution is 0.0951. The number of hydrogen-bond acceptors (Lipinski definition) is 4. The minimum atomic E-state index is -0.169. The maximum absolute atomic E-state index is 12.1. The number of aromatic nitrogens is 1. The molecule has 0 aliphatic heterocycles. The van der Waals surface area contributed by atoms with Crippen molar-refractivity contribution in [1.82, 2.24) is 10.3 Å². The van der Waals surface area contributed by atoms with Crippen LogP contribution in [0.5, 0.6) is 0 Å². The largest absolute Gasteiger partial charge is 0.369 e. The van der Waals surface area contributed by atoms with Crippen LogP contribution >= 0.6 is 22.9 Å². The van der Waals surface area contributed by atoms with E-state index in [0.717, 1.165) is 17.8 Å². The Morgan fingerprint density at radius 2 is 2.24 bits per heavy atom. The molecule has 0 aliphatic rings. The number of nitrogens with zero attached hydrogens (tertiary/aromatic N) is 1. The molecule has 2 aromatic rings. The molecule has 0 saturated heterocycles. The minimum absolute atomic E-state index is 0.169. The number of nitrogens with one attached hydrogen (secondary N) is 2. The van der Waals surface area contributed by atoms with Gasteiger partial charge in [0.05, 0.1) is 17.1 Å². The van der Waals surface area contributed by atoms with Gasteiger partial charge < -0.3 is 10.6 Å². The van der Waals surface area contributed by atoms with Crippen molar-refractivity contribution in [3.8, 4) is 0 Å². The topological polar surface area (TPSA) is 54.0 Å². The summed E-state index contributed by atoms with van der Waals surface area (Å²) < 4.78 is 0. The van der Waals surface area contributed by atoms with Crippen LogP contribution in [0, 0.1) is 6.92 Å². The fourth-order valence-corrected chi connectivity index (χ4v) is 2.85. The Kier molecular flexibility index (Phi) is 5.59. The van der Waals surface area contributed by atoms with Crippen LogP contribution in [0.25, 0.3) is 0 Å². The molecule has 0 radical (unpaired) electrons. The third-order valence-corrected chi connectivity index (χ3v) is 4.15. The van der Waals surface area contributed by atoms with E-state index in [9.17, 15) is 4.79 Å². The van der Waals surface area contributed by atoms with Crippen molar-refractivity contribution in [2.24, 2.45) is 0 Å². The van der Waals surface area contributed by atoms with Crippen molar-refractivity contribution in [2.45, 2.75) is 26.8 Å². The average molecular weight is 324 g/mol. The summed E-state index contributed by atoms with van der Waals surface area (Å²) in [5, 5.41) is 6.45. The van der Waals surface area contributed by atoms with E-state index in [1.165, 1.54) is 4.88 Å². The highest BCUT2D eigenvalue weighted by molar-refractivity contribution is 7.11. The molecule has 2 rings (SSSR count). The first-order chi connectivity index (χ1) is 10.1. The molecule has 4 nitrogen and oxygen atoms in total. The summed E-state index contributed by atoms with van der Waals surface area (Å²) in [4.78, 5) is 18.6. The molecule has 0 aliphatic carbocycles. The van der Waals surface area contributed by atoms with Gasteiger partial charge in [0.2, 0.25) is 0 Å². The lowest BCUT2D eigenvalue weighted by atomic mass is 10.2. The van der Waals surface area contributed by atoms with E-state index in [2.05, 4.69) is 22.5 Å². The highest BCUT2D eigenvalue weighted by atomic mass is 35.5. The molecule has 0 bridgehead atoms. The van der Waals surface area contributed by atoms with Crippen molar-refractivity contribution >= 4 is 34.7 Å². The molecule has 0 fully saturated rings. The number of carbonyl (C=O) groups excluding carboxylic acids is 1. The smallest absolute Gasteiger partial charge is 0.253 e. The maximum atomic E-state index is 12.1. The number of amides is 1. The lowest BCUT2D eigenvalue weighted by Gasteiger charge is -2.08. The molecule has 2 aromatic heterocycles. The highest BCUT2D eigenvalue weighted by Crippen LogP contribution is 2.20. The summed E-state index contributed by atoms with van der Waals surface area (Å²) in [5.74, 6) is 0.446. The Hall–Kier alpha value is -1.59. The average Bonchev–Trinajstić information content (AvgIpc) is 2.89. The molecule has 2 heterocycles. The van der Waals surface area contributed by atoms with Crippen molar-refractivity contribution in [3.63, 3.8) is 0 Å². The maximum Gasteiger partial charge on any atom is 0.253 e. The van der Waals surface area contributed by atoms with Crippen LogP contribution in [0.2, 0.25) is 5.02 Å². The molecule has 0 atom stereocenters. The first-order valence-corrected chi connectivity index (χ1v) is 8.02. The fourth-order valence-electron chi connectivity index (χ4n) is 1.79. The van der Waals surface area contributed by atoms with Gasteiger partial charge in [-0.3, -0.25) is 4.79 Å². The Bertz CT molecular complexity index is 627. The number of hydrogen-bond donors (Lipinski definition) is 2. The van der Waals surface area contributed by atoms with Crippen molar-refractivity contribution in [1.29, 1.82) is 0 Å². The van der Waals surface area contributed by atoms with Crippen LogP contribution in [0.3, 0.4) is 0 Å². The molecular formula is C15H18ClN3OS. The van der Waals surface area contributed by atoms with Gasteiger partial charge >= 0.3 is 0 Å². The Labute approximate surface area is 133 Å². The van der Waals surface area contributed by atoms with Crippen molar-refractivity contribution < 1.29 is 4.79 Å². The zero-order chi connectivity index (χ0) is 15.2. The van der Waals surface area contributed by atoms with Crippen LogP contribution in [-0.2, 0) is 6.54 Å². The quantitative estimate of drug-likeness (QED) is 0.848. The second-order valence-corrected chi connectivity index (χ2v) is 6.46. The first-order valence-electron chi connectivity index (χ1n) is 6.83. The monoisotopic (exact) mass is 323 g/mol. The Morgan fingerprint density at radius 1 is 1.43 bits per heavy atom. The third kappa shape index (κ3) is 4.44. The van der Waals surface area contributed by atoms with Gasteiger partial charge in [-0.25, -0.2) is 4.98 Å². The zero-order valence-corrected chi connectivity index (χ0v) is 13.6. The van der Waals surface area contributed by atoms with E-state index in [4.69, 9.17) is 11.6 Å². The SMILES string of the molecule is CCCNc1ncc(C(=O)NCc2ccc(C)s2)cc1Cl. The molecule has 0 aromatic carbocycles. The second-order valence-electron chi connectivity index (χ2n) is 4.68. The molecule has 112 valence electrons. The van der Waals surface area contributed by atoms with Gasteiger partial charge in [0.1, 0.15) is 5.82 Å². The lowest BCUT2D eigenvalue weighted by Crippen LogP contribution is -2.22. The van der Waals surface area contributed by atoms with Gasteiger partial charge in [0, 0.05) is 22.5 Å². The van der Waals surface area contributed by atoms with Gasteiger partial charge in [0.15, 0.2) is 0 Å². The summed E-state index contributed by atoms with van der Waals surface area (Å²) in [6.07, 6.45) is 2.53. The molecule has 0 saturated carbocycles. The van der Waals surface area contributed by atoms with E-state index in [-0.39, 0.29) is 5.91 Å². The number of aryl methyl sites for hydroxylation is 1. The van der Waals surface area contributed by atoms with E-state index < -0.39 is 0 Å². The Morgan fingerprint density at radius 3 is 2.86 bits per heavy atom. The summed E-state index contributed by atoms with van der Waals surface area (Å²) in [6.45, 7) is 5.43. The summed E-state index contributed by atoms with van der Waals surface area (Å²) in [7, 11) is 0. The standard InChI is InChI=1S/C15H18ClN3OS/c1-3-6-17-14-13(16)7-11(8-18-14)15(20)19-9-12-5-4-10(2)21-12/h4-5,7-8H,3,6,9H2,1-2H3,(H,17,18)(H,19,20). The molecule has 1 amide bonds. The van der Waals surface area contributed by atoms with Gasteiger partial charge in [-0.2, -0.15) is 0 Å². The van der Waals surface area contributed by atoms with Crippen LogP contribution in [0.15, 0.2) is 24.4 Å². The predicted octanol–water partition coefficient (Wildman–Crippen LogP) is 3.86. The highest BCUT2D eigenvalue weighted by Gasteiger charge is 2.10. The number of anilines is 1. The summed E-state index contributed by atoms with van der Waals surface area (Å²) in [5.41, 5.74) is 0.468. The van der Waals surface area contributed by atoms with Gasteiger partial charge in [-0.1, -0.05) is 18.5 Å². The molecule has 6 heteroatoms. The predicted molar refractivity (Wildman–Crippen MR) is 88.3 cm³/mol. The van der Waals surface area contributed by atoms with Gasteiger partial charge in [-0.05, 0) is 31.5 Å². The van der Waals surface area contributed by atoms with Crippen LogP contribution in [0.1, 0.15) is 33.5 Å². The fraction of sp³-hybridized carbons (Fsp3) is 0.333.